The van der Waals surface area contributed by atoms with Crippen molar-refractivity contribution in [1.82, 2.24) is 20.0 Å². The molecule has 1 aliphatic heterocycles. The monoisotopic (exact) mass is 236 g/mol. The molecule has 17 heavy (non-hydrogen) atoms. The molecule has 0 saturated carbocycles. The summed E-state index contributed by atoms with van der Waals surface area (Å²) in [7, 11) is 2.01. The van der Waals surface area contributed by atoms with Gasteiger partial charge < -0.3 is 5.32 Å². The largest absolute Gasteiger partial charge is 0.317 e. The maximum absolute atomic E-state index is 4.30. The zero-order chi connectivity index (χ0) is 12.3. The van der Waals surface area contributed by atoms with Crippen LogP contribution < -0.4 is 5.32 Å². The Morgan fingerprint density at radius 1 is 1.53 bits per heavy atom. The highest BCUT2D eigenvalue weighted by Gasteiger charge is 2.22. The second-order valence-corrected chi connectivity index (χ2v) is 5.08. The van der Waals surface area contributed by atoms with Gasteiger partial charge in [-0.1, -0.05) is 6.92 Å². The fourth-order valence-corrected chi connectivity index (χ4v) is 2.51. The summed E-state index contributed by atoms with van der Waals surface area (Å²) in [5.74, 6) is 0.826. The minimum atomic E-state index is 0.826. The molecule has 0 amide bonds. The minimum absolute atomic E-state index is 0.826. The quantitative estimate of drug-likeness (QED) is 0.833. The Bertz CT molecular complexity index is 358. The predicted molar refractivity (Wildman–Crippen MR) is 69.9 cm³/mol. The summed E-state index contributed by atoms with van der Waals surface area (Å²) in [6.45, 7) is 10.1. The third kappa shape index (κ3) is 3.07. The Hall–Kier alpha value is -0.870. The molecule has 4 heteroatoms. The molecule has 96 valence electrons. The molecular formula is C13H24N4. The molecule has 1 atom stereocenters. The highest BCUT2D eigenvalue weighted by molar-refractivity contribution is 5.15. The lowest BCUT2D eigenvalue weighted by Gasteiger charge is -2.15. The van der Waals surface area contributed by atoms with Crippen molar-refractivity contribution in [3.05, 3.63) is 17.5 Å². The second kappa shape index (κ2) is 5.65. The molecule has 1 aliphatic rings. The normalized spacial score (nSPS) is 21.2. The molecule has 0 aliphatic carbocycles. The number of rotatable bonds is 5. The third-order valence-corrected chi connectivity index (χ3v) is 3.78. The van der Waals surface area contributed by atoms with Crippen LogP contribution in [0.1, 0.15) is 24.6 Å². The summed E-state index contributed by atoms with van der Waals surface area (Å²) < 4.78 is 1.96. The smallest absolute Gasteiger partial charge is 0.0537 e. The van der Waals surface area contributed by atoms with Gasteiger partial charge in [-0.3, -0.25) is 9.58 Å². The van der Waals surface area contributed by atoms with Crippen molar-refractivity contribution >= 4 is 0 Å². The van der Waals surface area contributed by atoms with Crippen molar-refractivity contribution in [3.8, 4) is 0 Å². The summed E-state index contributed by atoms with van der Waals surface area (Å²) in [5, 5.41) is 7.75. The van der Waals surface area contributed by atoms with Gasteiger partial charge in [-0.05, 0) is 38.9 Å². The molecule has 4 nitrogen and oxygen atoms in total. The van der Waals surface area contributed by atoms with Crippen LogP contribution in [-0.2, 0) is 13.6 Å². The summed E-state index contributed by atoms with van der Waals surface area (Å²) in [6.07, 6.45) is 3.33. The zero-order valence-corrected chi connectivity index (χ0v) is 11.2. The van der Waals surface area contributed by atoms with E-state index in [0.717, 1.165) is 19.0 Å². The maximum atomic E-state index is 4.30. The second-order valence-electron chi connectivity index (χ2n) is 5.08. The average molecular weight is 236 g/mol. The van der Waals surface area contributed by atoms with Crippen LogP contribution >= 0.6 is 0 Å². The number of nitrogens with one attached hydrogen (secondary N) is 1. The van der Waals surface area contributed by atoms with E-state index in [4.69, 9.17) is 0 Å². The Morgan fingerprint density at radius 2 is 2.35 bits per heavy atom. The van der Waals surface area contributed by atoms with E-state index in [0.29, 0.717) is 0 Å². The van der Waals surface area contributed by atoms with E-state index in [-0.39, 0.29) is 0 Å². The van der Waals surface area contributed by atoms with Gasteiger partial charge in [0.2, 0.25) is 0 Å². The standard InChI is InChI=1S/C13H24N4/c1-4-14-7-12-5-6-17(9-12)10-13-8-15-16(3)11(13)2/h8,12,14H,4-7,9-10H2,1-3H3. The molecule has 2 heterocycles. The number of aromatic nitrogens is 2. The predicted octanol–water partition coefficient (Wildman–Crippen LogP) is 1.16. The van der Waals surface area contributed by atoms with E-state index in [1.165, 1.54) is 37.3 Å². The number of hydrogen-bond acceptors (Lipinski definition) is 3. The van der Waals surface area contributed by atoms with E-state index >= 15 is 0 Å². The fraction of sp³-hybridized carbons (Fsp3) is 0.769. The Balaban J connectivity index is 1.83. The van der Waals surface area contributed by atoms with Gasteiger partial charge in [-0.15, -0.1) is 0 Å². The lowest BCUT2D eigenvalue weighted by Crippen LogP contribution is -2.26. The lowest BCUT2D eigenvalue weighted by molar-refractivity contribution is 0.314. The van der Waals surface area contributed by atoms with Gasteiger partial charge in [-0.2, -0.15) is 5.10 Å². The van der Waals surface area contributed by atoms with Crippen LogP contribution in [0.4, 0.5) is 0 Å². The first-order valence-corrected chi connectivity index (χ1v) is 6.61. The Morgan fingerprint density at radius 3 is 3.00 bits per heavy atom. The van der Waals surface area contributed by atoms with Crippen molar-refractivity contribution in [2.75, 3.05) is 26.2 Å². The van der Waals surface area contributed by atoms with E-state index < -0.39 is 0 Å². The van der Waals surface area contributed by atoms with Gasteiger partial charge in [0.1, 0.15) is 0 Å². The molecule has 1 fully saturated rings. The number of aryl methyl sites for hydroxylation is 1. The van der Waals surface area contributed by atoms with E-state index in [9.17, 15) is 0 Å². The Kier molecular flexibility index (Phi) is 4.18. The first-order valence-electron chi connectivity index (χ1n) is 6.61. The minimum Gasteiger partial charge on any atom is -0.317 e. The maximum Gasteiger partial charge on any atom is 0.0537 e. The molecule has 0 aromatic carbocycles. The van der Waals surface area contributed by atoms with Gasteiger partial charge in [-0.25, -0.2) is 0 Å². The highest BCUT2D eigenvalue weighted by Crippen LogP contribution is 2.19. The first kappa shape index (κ1) is 12.6. The summed E-state index contributed by atoms with van der Waals surface area (Å²) >= 11 is 0. The van der Waals surface area contributed by atoms with E-state index in [1.54, 1.807) is 0 Å². The molecule has 1 N–H and O–H groups in total. The first-order chi connectivity index (χ1) is 8.20. The number of nitrogens with zero attached hydrogens (tertiary/aromatic N) is 3. The lowest BCUT2D eigenvalue weighted by atomic mass is 10.1. The van der Waals surface area contributed by atoms with Crippen LogP contribution in [0.5, 0.6) is 0 Å². The zero-order valence-electron chi connectivity index (χ0n) is 11.2. The summed E-state index contributed by atoms with van der Waals surface area (Å²) in [4.78, 5) is 2.55. The molecular weight excluding hydrogens is 212 g/mol. The summed E-state index contributed by atoms with van der Waals surface area (Å²) in [5.41, 5.74) is 2.66. The average Bonchev–Trinajstić information content (AvgIpc) is 2.89. The van der Waals surface area contributed by atoms with Crippen molar-refractivity contribution in [2.45, 2.75) is 26.8 Å². The van der Waals surface area contributed by atoms with Crippen molar-refractivity contribution in [1.29, 1.82) is 0 Å². The van der Waals surface area contributed by atoms with Gasteiger partial charge in [0, 0.05) is 31.4 Å². The van der Waals surface area contributed by atoms with Gasteiger partial charge in [0.25, 0.3) is 0 Å². The summed E-state index contributed by atoms with van der Waals surface area (Å²) in [6, 6.07) is 0. The van der Waals surface area contributed by atoms with Crippen molar-refractivity contribution < 1.29 is 0 Å². The van der Waals surface area contributed by atoms with E-state index in [1.807, 2.05) is 17.9 Å². The number of hydrogen-bond donors (Lipinski definition) is 1. The molecule has 1 unspecified atom stereocenters. The molecule has 0 bridgehead atoms. The van der Waals surface area contributed by atoms with Gasteiger partial charge >= 0.3 is 0 Å². The van der Waals surface area contributed by atoms with Crippen molar-refractivity contribution in [2.24, 2.45) is 13.0 Å². The number of likely N-dealkylation sites (tertiary alicyclic amines) is 1. The van der Waals surface area contributed by atoms with E-state index in [2.05, 4.69) is 29.2 Å². The highest BCUT2D eigenvalue weighted by atomic mass is 15.3. The molecule has 1 aromatic heterocycles. The van der Waals surface area contributed by atoms with Crippen LogP contribution in [0.15, 0.2) is 6.20 Å². The SMILES string of the molecule is CCNCC1CCN(Cc2cnn(C)c2C)C1. The topological polar surface area (TPSA) is 33.1 Å². The van der Waals surface area contributed by atoms with Crippen LogP contribution in [0, 0.1) is 12.8 Å². The van der Waals surface area contributed by atoms with Crippen LogP contribution in [0.3, 0.4) is 0 Å². The van der Waals surface area contributed by atoms with Crippen LogP contribution in [-0.4, -0.2) is 40.9 Å². The Labute approximate surface area is 104 Å². The molecule has 2 rings (SSSR count). The fourth-order valence-electron chi connectivity index (χ4n) is 2.51. The van der Waals surface area contributed by atoms with Crippen LogP contribution in [0.25, 0.3) is 0 Å². The molecule has 0 spiro atoms. The van der Waals surface area contributed by atoms with Gasteiger partial charge in [0.05, 0.1) is 6.20 Å². The molecule has 1 aromatic rings. The molecule has 1 saturated heterocycles. The molecule has 0 radical (unpaired) electrons. The van der Waals surface area contributed by atoms with Gasteiger partial charge in [0.15, 0.2) is 0 Å². The third-order valence-electron chi connectivity index (χ3n) is 3.78. The van der Waals surface area contributed by atoms with Crippen molar-refractivity contribution in [3.63, 3.8) is 0 Å². The van der Waals surface area contributed by atoms with Crippen LogP contribution in [0.2, 0.25) is 0 Å².